The normalized spacial score (nSPS) is 15.4. The number of amides is 3. The Morgan fingerprint density at radius 3 is 2.67 bits per heavy atom. The van der Waals surface area contributed by atoms with E-state index in [2.05, 4.69) is 10.6 Å². The summed E-state index contributed by atoms with van der Waals surface area (Å²) < 4.78 is 0. The summed E-state index contributed by atoms with van der Waals surface area (Å²) in [6.45, 7) is 2.74. The molecule has 0 saturated heterocycles. The fraction of sp³-hybridized carbons (Fsp3) is 0.471. The number of nitrogens with zero attached hydrogens (tertiary/aromatic N) is 1. The van der Waals surface area contributed by atoms with E-state index >= 15 is 0 Å². The summed E-state index contributed by atoms with van der Waals surface area (Å²) >= 11 is 0. The van der Waals surface area contributed by atoms with Crippen molar-refractivity contribution in [2.75, 3.05) is 7.05 Å². The fourth-order valence-electron chi connectivity index (χ4n) is 2.82. The van der Waals surface area contributed by atoms with Gasteiger partial charge in [-0.1, -0.05) is 18.2 Å². The number of rotatable bonds is 7. The van der Waals surface area contributed by atoms with Crippen LogP contribution >= 0.6 is 0 Å². The lowest BCUT2D eigenvalue weighted by Gasteiger charge is -2.18. The first-order valence-corrected chi connectivity index (χ1v) is 7.95. The number of nitrogens with one attached hydrogen (secondary N) is 2. The first-order chi connectivity index (χ1) is 11.5. The highest BCUT2D eigenvalue weighted by Gasteiger charge is 2.25. The van der Waals surface area contributed by atoms with Crippen molar-refractivity contribution < 1.29 is 19.5 Å². The van der Waals surface area contributed by atoms with Gasteiger partial charge in [0.25, 0.3) is 0 Å². The van der Waals surface area contributed by atoms with Gasteiger partial charge in [0.05, 0.1) is 6.10 Å². The first kappa shape index (κ1) is 17.9. The number of carbonyl (C=O) groups is 3. The van der Waals surface area contributed by atoms with Crippen LogP contribution in [-0.2, 0) is 27.5 Å². The number of fused-ring (bicyclic) bond motifs is 1. The molecule has 0 aliphatic carbocycles. The molecule has 2 rings (SSSR count). The standard InChI is InChI=1S/C17H23N3O4/c1-11(22)12-3-4-13-8-20(9-14(13)7-12)16(23)6-5-15(19-10-21)17(24)18-2/h3-4,7,10-11,15,22H,5-6,8-9H2,1-2H3,(H,18,24)(H,19,21). The minimum Gasteiger partial charge on any atom is -0.389 e. The van der Waals surface area contributed by atoms with Crippen molar-refractivity contribution in [3.8, 4) is 0 Å². The third kappa shape index (κ3) is 4.11. The molecule has 0 saturated carbocycles. The lowest BCUT2D eigenvalue weighted by atomic mass is 10.0. The van der Waals surface area contributed by atoms with Crippen molar-refractivity contribution in [2.45, 2.75) is 45.0 Å². The van der Waals surface area contributed by atoms with Gasteiger partial charge in [-0.3, -0.25) is 14.4 Å². The van der Waals surface area contributed by atoms with Crippen LogP contribution in [0.15, 0.2) is 18.2 Å². The molecule has 1 aromatic carbocycles. The fourth-order valence-corrected chi connectivity index (χ4v) is 2.82. The predicted octanol–water partition coefficient (Wildman–Crippen LogP) is 0.223. The number of likely N-dealkylation sites (N-methyl/N-ethyl adjacent to an activating group) is 1. The molecule has 0 spiro atoms. The zero-order chi connectivity index (χ0) is 17.7. The van der Waals surface area contributed by atoms with Crippen LogP contribution < -0.4 is 10.6 Å². The molecule has 1 aliphatic rings. The van der Waals surface area contributed by atoms with Gasteiger partial charge in [0.15, 0.2) is 0 Å². The summed E-state index contributed by atoms with van der Waals surface area (Å²) in [4.78, 5) is 36.3. The van der Waals surface area contributed by atoms with Crippen LogP contribution in [0.2, 0.25) is 0 Å². The molecule has 0 fully saturated rings. The zero-order valence-electron chi connectivity index (χ0n) is 13.9. The van der Waals surface area contributed by atoms with Crippen LogP contribution in [0.1, 0.15) is 42.6 Å². The molecule has 0 radical (unpaired) electrons. The third-order valence-electron chi connectivity index (χ3n) is 4.27. The van der Waals surface area contributed by atoms with E-state index in [0.717, 1.165) is 16.7 Å². The van der Waals surface area contributed by atoms with Crippen LogP contribution in [0.3, 0.4) is 0 Å². The minimum atomic E-state index is -0.705. The van der Waals surface area contributed by atoms with Gasteiger partial charge in [0.2, 0.25) is 18.2 Å². The molecule has 3 N–H and O–H groups in total. The second-order valence-corrected chi connectivity index (χ2v) is 5.94. The molecule has 0 bridgehead atoms. The number of hydrogen-bond donors (Lipinski definition) is 3. The molecule has 7 nitrogen and oxygen atoms in total. The molecule has 1 aliphatic heterocycles. The molecular formula is C17H23N3O4. The Morgan fingerprint density at radius 1 is 1.33 bits per heavy atom. The molecule has 1 aromatic rings. The summed E-state index contributed by atoms with van der Waals surface area (Å²) in [5.74, 6) is -0.382. The molecule has 2 atom stereocenters. The lowest BCUT2D eigenvalue weighted by molar-refractivity contribution is -0.132. The third-order valence-corrected chi connectivity index (χ3v) is 4.27. The molecule has 24 heavy (non-hydrogen) atoms. The average Bonchev–Trinajstić information content (AvgIpc) is 3.00. The highest BCUT2D eigenvalue weighted by Crippen LogP contribution is 2.26. The van der Waals surface area contributed by atoms with Gasteiger partial charge in [0.1, 0.15) is 6.04 Å². The minimum absolute atomic E-state index is 0.0635. The van der Waals surface area contributed by atoms with Crippen molar-refractivity contribution >= 4 is 18.2 Å². The molecule has 2 unspecified atom stereocenters. The zero-order valence-corrected chi connectivity index (χ0v) is 13.9. The van der Waals surface area contributed by atoms with Gasteiger partial charge in [-0.15, -0.1) is 0 Å². The maximum atomic E-state index is 12.4. The van der Waals surface area contributed by atoms with E-state index in [9.17, 15) is 19.5 Å². The van der Waals surface area contributed by atoms with Crippen LogP contribution in [0.4, 0.5) is 0 Å². The van der Waals surface area contributed by atoms with Gasteiger partial charge >= 0.3 is 0 Å². The van der Waals surface area contributed by atoms with Crippen molar-refractivity contribution in [1.82, 2.24) is 15.5 Å². The number of aliphatic hydroxyl groups is 1. The van der Waals surface area contributed by atoms with Crippen molar-refractivity contribution in [2.24, 2.45) is 0 Å². The Kier molecular flexibility index (Phi) is 5.92. The predicted molar refractivity (Wildman–Crippen MR) is 87.6 cm³/mol. The van der Waals surface area contributed by atoms with Crippen LogP contribution in [0, 0.1) is 0 Å². The maximum absolute atomic E-state index is 12.4. The molecule has 130 valence electrons. The van der Waals surface area contributed by atoms with Crippen LogP contribution in [0.25, 0.3) is 0 Å². The smallest absolute Gasteiger partial charge is 0.242 e. The van der Waals surface area contributed by atoms with E-state index < -0.39 is 12.1 Å². The van der Waals surface area contributed by atoms with Gasteiger partial charge < -0.3 is 20.6 Å². The molecule has 1 heterocycles. The highest BCUT2D eigenvalue weighted by atomic mass is 16.3. The number of carbonyl (C=O) groups excluding carboxylic acids is 3. The Morgan fingerprint density at radius 2 is 2.04 bits per heavy atom. The topological polar surface area (TPSA) is 98.7 Å². The van der Waals surface area contributed by atoms with Gasteiger partial charge in [-0.2, -0.15) is 0 Å². The molecular weight excluding hydrogens is 310 g/mol. The SMILES string of the molecule is CNC(=O)C(CCC(=O)N1Cc2ccc(C(C)O)cc2C1)NC=O. The average molecular weight is 333 g/mol. The largest absolute Gasteiger partial charge is 0.389 e. The van der Waals surface area contributed by atoms with Gasteiger partial charge in [-0.05, 0) is 30.0 Å². The summed E-state index contributed by atoms with van der Waals surface area (Å²) in [6, 6.07) is 5.02. The Balaban J connectivity index is 1.94. The monoisotopic (exact) mass is 333 g/mol. The van der Waals surface area contributed by atoms with Crippen molar-refractivity contribution in [3.63, 3.8) is 0 Å². The Hall–Kier alpha value is -2.41. The number of hydrogen-bond acceptors (Lipinski definition) is 4. The van der Waals surface area contributed by atoms with E-state index in [0.29, 0.717) is 19.5 Å². The number of benzene rings is 1. The molecule has 0 aromatic heterocycles. The number of aliphatic hydroxyl groups excluding tert-OH is 1. The van der Waals surface area contributed by atoms with E-state index in [-0.39, 0.29) is 24.7 Å². The highest BCUT2D eigenvalue weighted by molar-refractivity contribution is 5.84. The van der Waals surface area contributed by atoms with Crippen molar-refractivity contribution in [3.05, 3.63) is 34.9 Å². The lowest BCUT2D eigenvalue weighted by Crippen LogP contribution is -2.43. The van der Waals surface area contributed by atoms with E-state index in [1.807, 2.05) is 18.2 Å². The summed E-state index contributed by atoms with van der Waals surface area (Å²) in [6.07, 6.45) is 0.357. The molecule has 7 heteroatoms. The summed E-state index contributed by atoms with van der Waals surface area (Å²) in [5.41, 5.74) is 2.94. The van der Waals surface area contributed by atoms with Crippen LogP contribution in [-0.4, -0.2) is 41.3 Å². The summed E-state index contributed by atoms with van der Waals surface area (Å²) in [5, 5.41) is 14.5. The summed E-state index contributed by atoms with van der Waals surface area (Å²) in [7, 11) is 1.49. The second kappa shape index (κ2) is 7.92. The Bertz CT molecular complexity index is 630. The first-order valence-electron chi connectivity index (χ1n) is 7.95. The van der Waals surface area contributed by atoms with Gasteiger partial charge in [0, 0.05) is 26.6 Å². The van der Waals surface area contributed by atoms with Crippen LogP contribution in [0.5, 0.6) is 0 Å². The van der Waals surface area contributed by atoms with Gasteiger partial charge in [-0.25, -0.2) is 0 Å². The quantitative estimate of drug-likeness (QED) is 0.622. The van der Waals surface area contributed by atoms with E-state index in [4.69, 9.17) is 0 Å². The second-order valence-electron chi connectivity index (χ2n) is 5.94. The molecule has 3 amide bonds. The van der Waals surface area contributed by atoms with E-state index in [1.54, 1.807) is 11.8 Å². The van der Waals surface area contributed by atoms with Crippen molar-refractivity contribution in [1.29, 1.82) is 0 Å². The maximum Gasteiger partial charge on any atom is 0.242 e. The van der Waals surface area contributed by atoms with E-state index in [1.165, 1.54) is 7.05 Å². The Labute approximate surface area is 141 Å².